The summed E-state index contributed by atoms with van der Waals surface area (Å²) in [5.74, 6) is 0.554. The molecular formula is C17H18BrN3O2. The van der Waals surface area contributed by atoms with Crippen LogP contribution in [0, 0.1) is 0 Å². The van der Waals surface area contributed by atoms with Gasteiger partial charge in [0.05, 0.1) is 13.3 Å². The van der Waals surface area contributed by atoms with Gasteiger partial charge in [-0.15, -0.1) is 0 Å². The number of nitrogens with zero attached hydrogens (tertiary/aromatic N) is 1. The van der Waals surface area contributed by atoms with Crippen molar-refractivity contribution in [2.45, 2.75) is 13.0 Å². The van der Waals surface area contributed by atoms with Crippen LogP contribution in [0.4, 0.5) is 5.69 Å². The number of rotatable bonds is 6. The van der Waals surface area contributed by atoms with Crippen molar-refractivity contribution in [3.05, 3.63) is 58.6 Å². The summed E-state index contributed by atoms with van der Waals surface area (Å²) in [5.41, 5.74) is 4.26. The third kappa shape index (κ3) is 5.41. The summed E-state index contributed by atoms with van der Waals surface area (Å²) < 4.78 is 6.06. The molecular weight excluding hydrogens is 358 g/mol. The van der Waals surface area contributed by atoms with Crippen LogP contribution in [0.15, 0.2) is 58.1 Å². The standard InChI is InChI=1S/C17H18BrN3O2/c1-12(20-15-6-8-16(23-2)9-7-15)17(22)21-19-11-13-4-3-5-14(18)10-13/h3-12,20H,1-2H3,(H,21,22). The number of hydrazone groups is 1. The van der Waals surface area contributed by atoms with Crippen molar-refractivity contribution >= 4 is 33.7 Å². The number of ether oxygens (including phenoxy) is 1. The normalized spacial score (nSPS) is 12.0. The van der Waals surface area contributed by atoms with E-state index in [0.29, 0.717) is 0 Å². The minimum atomic E-state index is -0.414. The Morgan fingerprint density at radius 3 is 2.65 bits per heavy atom. The maximum absolute atomic E-state index is 12.0. The molecule has 0 bridgehead atoms. The van der Waals surface area contributed by atoms with E-state index in [-0.39, 0.29) is 5.91 Å². The molecule has 0 spiro atoms. The third-order valence-electron chi connectivity index (χ3n) is 3.10. The second-order valence-corrected chi connectivity index (χ2v) is 5.80. The molecule has 6 heteroatoms. The van der Waals surface area contributed by atoms with Gasteiger partial charge in [-0.05, 0) is 48.9 Å². The van der Waals surface area contributed by atoms with Crippen LogP contribution in [0.1, 0.15) is 12.5 Å². The Morgan fingerprint density at radius 2 is 2.00 bits per heavy atom. The van der Waals surface area contributed by atoms with Gasteiger partial charge in [-0.25, -0.2) is 5.43 Å². The predicted molar refractivity (Wildman–Crippen MR) is 96.0 cm³/mol. The van der Waals surface area contributed by atoms with Crippen LogP contribution in [0.25, 0.3) is 0 Å². The molecule has 0 saturated carbocycles. The lowest BCUT2D eigenvalue weighted by molar-refractivity contribution is -0.121. The zero-order chi connectivity index (χ0) is 16.7. The first kappa shape index (κ1) is 17.0. The third-order valence-corrected chi connectivity index (χ3v) is 3.60. The molecule has 0 aliphatic carbocycles. The number of hydrogen-bond donors (Lipinski definition) is 2. The van der Waals surface area contributed by atoms with E-state index in [1.54, 1.807) is 20.2 Å². The van der Waals surface area contributed by atoms with E-state index >= 15 is 0 Å². The van der Waals surface area contributed by atoms with Crippen LogP contribution in [0.2, 0.25) is 0 Å². The molecule has 0 saturated heterocycles. The number of amides is 1. The fourth-order valence-electron chi connectivity index (χ4n) is 1.86. The Morgan fingerprint density at radius 1 is 1.26 bits per heavy atom. The Kier molecular flexibility index (Phi) is 6.17. The molecule has 0 aliphatic heterocycles. The molecule has 2 rings (SSSR count). The Hall–Kier alpha value is -2.34. The van der Waals surface area contributed by atoms with Crippen LogP contribution < -0.4 is 15.5 Å². The van der Waals surface area contributed by atoms with Crippen molar-refractivity contribution in [3.63, 3.8) is 0 Å². The summed E-state index contributed by atoms with van der Waals surface area (Å²) >= 11 is 3.39. The maximum atomic E-state index is 12.0. The molecule has 120 valence electrons. The highest BCUT2D eigenvalue weighted by atomic mass is 79.9. The minimum Gasteiger partial charge on any atom is -0.497 e. The Bertz CT molecular complexity index is 686. The Balaban J connectivity index is 1.86. The molecule has 1 unspecified atom stereocenters. The second-order valence-electron chi connectivity index (χ2n) is 4.88. The molecule has 0 radical (unpaired) electrons. The van der Waals surface area contributed by atoms with Gasteiger partial charge in [-0.1, -0.05) is 28.1 Å². The van der Waals surface area contributed by atoms with Crippen molar-refractivity contribution in [1.29, 1.82) is 0 Å². The van der Waals surface area contributed by atoms with E-state index in [9.17, 15) is 4.79 Å². The molecule has 23 heavy (non-hydrogen) atoms. The number of methoxy groups -OCH3 is 1. The minimum absolute atomic E-state index is 0.216. The van der Waals surface area contributed by atoms with E-state index in [4.69, 9.17) is 4.74 Å². The SMILES string of the molecule is COc1ccc(NC(C)C(=O)NN=Cc2cccc(Br)c2)cc1. The maximum Gasteiger partial charge on any atom is 0.262 e. The molecule has 5 nitrogen and oxygen atoms in total. The zero-order valence-electron chi connectivity index (χ0n) is 12.9. The van der Waals surface area contributed by atoms with Crippen LogP contribution in [0.5, 0.6) is 5.75 Å². The van der Waals surface area contributed by atoms with Crippen molar-refractivity contribution in [2.24, 2.45) is 5.10 Å². The van der Waals surface area contributed by atoms with Crippen molar-refractivity contribution in [3.8, 4) is 5.75 Å². The zero-order valence-corrected chi connectivity index (χ0v) is 14.5. The van der Waals surface area contributed by atoms with Gasteiger partial charge in [0.1, 0.15) is 11.8 Å². The van der Waals surface area contributed by atoms with Gasteiger partial charge in [-0.2, -0.15) is 5.10 Å². The highest BCUT2D eigenvalue weighted by Crippen LogP contribution is 2.15. The first-order valence-corrected chi connectivity index (χ1v) is 7.87. The van der Waals surface area contributed by atoms with Crippen LogP contribution in [0.3, 0.4) is 0 Å². The lowest BCUT2D eigenvalue weighted by atomic mass is 10.2. The average molecular weight is 376 g/mol. The predicted octanol–water partition coefficient (Wildman–Crippen LogP) is 3.41. The quantitative estimate of drug-likeness (QED) is 0.600. The van der Waals surface area contributed by atoms with Crippen molar-refractivity contribution in [1.82, 2.24) is 5.43 Å². The number of hydrogen-bond acceptors (Lipinski definition) is 4. The molecule has 1 atom stereocenters. The summed E-state index contributed by atoms with van der Waals surface area (Å²) in [6.45, 7) is 1.77. The van der Waals surface area contributed by atoms with Crippen LogP contribution in [-0.4, -0.2) is 25.3 Å². The topological polar surface area (TPSA) is 62.7 Å². The monoisotopic (exact) mass is 375 g/mol. The molecule has 0 aliphatic rings. The lowest BCUT2D eigenvalue weighted by Crippen LogP contribution is -2.34. The number of anilines is 1. The first-order chi connectivity index (χ1) is 11.1. The molecule has 0 fully saturated rings. The van der Waals surface area contributed by atoms with Gasteiger partial charge in [0, 0.05) is 10.2 Å². The fourth-order valence-corrected chi connectivity index (χ4v) is 2.27. The summed E-state index contributed by atoms with van der Waals surface area (Å²) in [7, 11) is 1.61. The van der Waals surface area contributed by atoms with Gasteiger partial charge < -0.3 is 10.1 Å². The first-order valence-electron chi connectivity index (χ1n) is 7.07. The van der Waals surface area contributed by atoms with E-state index in [1.165, 1.54) is 0 Å². The molecule has 2 aromatic rings. The van der Waals surface area contributed by atoms with Crippen molar-refractivity contribution < 1.29 is 9.53 Å². The average Bonchev–Trinajstić information content (AvgIpc) is 2.55. The van der Waals surface area contributed by atoms with Gasteiger partial charge in [-0.3, -0.25) is 4.79 Å². The molecule has 1 amide bonds. The van der Waals surface area contributed by atoms with Gasteiger partial charge in [0.15, 0.2) is 0 Å². The van der Waals surface area contributed by atoms with E-state index < -0.39 is 6.04 Å². The van der Waals surface area contributed by atoms with Gasteiger partial charge in [0.25, 0.3) is 5.91 Å². The number of benzene rings is 2. The van der Waals surface area contributed by atoms with E-state index in [0.717, 1.165) is 21.5 Å². The number of halogens is 1. The number of carbonyl (C=O) groups is 1. The van der Waals surface area contributed by atoms with Crippen LogP contribution in [-0.2, 0) is 4.79 Å². The van der Waals surface area contributed by atoms with Crippen molar-refractivity contribution in [2.75, 3.05) is 12.4 Å². The summed E-state index contributed by atoms with van der Waals surface area (Å²) in [6, 6.07) is 14.6. The molecule has 0 heterocycles. The van der Waals surface area contributed by atoms with Gasteiger partial charge in [0.2, 0.25) is 0 Å². The van der Waals surface area contributed by atoms with Crippen LogP contribution >= 0.6 is 15.9 Å². The largest absolute Gasteiger partial charge is 0.497 e. The molecule has 2 aromatic carbocycles. The lowest BCUT2D eigenvalue weighted by Gasteiger charge is -2.13. The van der Waals surface area contributed by atoms with Gasteiger partial charge >= 0.3 is 0 Å². The molecule has 0 aromatic heterocycles. The summed E-state index contributed by atoms with van der Waals surface area (Å²) in [6.07, 6.45) is 1.60. The highest BCUT2D eigenvalue weighted by molar-refractivity contribution is 9.10. The smallest absolute Gasteiger partial charge is 0.262 e. The summed E-state index contributed by atoms with van der Waals surface area (Å²) in [5, 5.41) is 7.07. The highest BCUT2D eigenvalue weighted by Gasteiger charge is 2.11. The van der Waals surface area contributed by atoms with E-state index in [1.807, 2.05) is 48.5 Å². The number of nitrogens with one attached hydrogen (secondary N) is 2. The second kappa shape index (κ2) is 8.33. The van der Waals surface area contributed by atoms with E-state index in [2.05, 4.69) is 31.8 Å². The number of carbonyl (C=O) groups excluding carboxylic acids is 1. The fraction of sp³-hybridized carbons (Fsp3) is 0.176. The Labute approximate surface area is 143 Å². The summed E-state index contributed by atoms with van der Waals surface area (Å²) in [4.78, 5) is 12.0. The molecule has 2 N–H and O–H groups in total.